The van der Waals surface area contributed by atoms with Crippen LogP contribution in [0.1, 0.15) is 38.5 Å². The molecule has 0 unspecified atom stereocenters. The van der Waals surface area contributed by atoms with E-state index >= 15 is 0 Å². The molecule has 0 aliphatic carbocycles. The Morgan fingerprint density at radius 3 is 2.70 bits per heavy atom. The highest BCUT2D eigenvalue weighted by molar-refractivity contribution is 6.05. The molecule has 4 rings (SSSR count). The number of methoxy groups -OCH3 is 1. The van der Waals surface area contributed by atoms with Crippen molar-refractivity contribution in [2.45, 2.75) is 26.4 Å². The summed E-state index contributed by atoms with van der Waals surface area (Å²) in [5.41, 5.74) is 3.29. The van der Waals surface area contributed by atoms with E-state index in [1.54, 1.807) is 28.8 Å². The number of nitrogens with one attached hydrogen (secondary N) is 1. The number of aromatic nitrogens is 2. The van der Waals surface area contributed by atoms with Gasteiger partial charge in [-0.25, -0.2) is 0 Å². The zero-order chi connectivity index (χ0) is 21.1. The summed E-state index contributed by atoms with van der Waals surface area (Å²) in [6.07, 6.45) is 0.778. The second-order valence-corrected chi connectivity index (χ2v) is 7.36. The van der Waals surface area contributed by atoms with Crippen LogP contribution in [-0.2, 0) is 13.1 Å². The number of carbonyl (C=O) groups excluding carboxylic acids is 2. The first-order valence-electron chi connectivity index (χ1n) is 9.92. The van der Waals surface area contributed by atoms with Gasteiger partial charge in [0.05, 0.1) is 12.8 Å². The van der Waals surface area contributed by atoms with E-state index in [0.717, 1.165) is 17.5 Å². The number of aryl methyl sites for hydroxylation is 2. The number of carbonyl (C=O) groups is 2. The fourth-order valence-corrected chi connectivity index (χ4v) is 3.61. The van der Waals surface area contributed by atoms with Gasteiger partial charge in [-0.1, -0.05) is 36.4 Å². The zero-order valence-corrected chi connectivity index (χ0v) is 17.1. The Hall–Kier alpha value is -3.61. The highest BCUT2D eigenvalue weighted by Gasteiger charge is 2.26. The smallest absolute Gasteiger partial charge is 0.276 e. The minimum absolute atomic E-state index is 0.115. The maximum absolute atomic E-state index is 13.1. The van der Waals surface area contributed by atoms with Crippen LogP contribution in [0.3, 0.4) is 0 Å². The van der Waals surface area contributed by atoms with Gasteiger partial charge in [-0.15, -0.1) is 0 Å². The third-order valence-electron chi connectivity index (χ3n) is 5.14. The van der Waals surface area contributed by atoms with Gasteiger partial charge in [0.1, 0.15) is 11.4 Å². The molecule has 0 bridgehead atoms. The molecule has 1 aliphatic heterocycles. The lowest BCUT2D eigenvalue weighted by atomic mass is 10.2. The van der Waals surface area contributed by atoms with Crippen LogP contribution in [0.15, 0.2) is 54.6 Å². The topological polar surface area (TPSA) is 76.5 Å². The SMILES string of the molecule is COc1ccc(C)cc1NC(=O)c1cc2n(n1)CCCN(Cc1ccccc1)C2=O. The van der Waals surface area contributed by atoms with Crippen LogP contribution in [0, 0.1) is 6.92 Å². The Morgan fingerprint density at radius 1 is 1.13 bits per heavy atom. The van der Waals surface area contributed by atoms with Gasteiger partial charge in [0, 0.05) is 25.7 Å². The van der Waals surface area contributed by atoms with E-state index in [2.05, 4.69) is 10.4 Å². The maximum atomic E-state index is 13.1. The van der Waals surface area contributed by atoms with E-state index in [9.17, 15) is 9.59 Å². The number of rotatable bonds is 5. The summed E-state index contributed by atoms with van der Waals surface area (Å²) < 4.78 is 6.96. The molecular weight excluding hydrogens is 380 g/mol. The average Bonchev–Trinajstić information content (AvgIpc) is 3.12. The van der Waals surface area contributed by atoms with Crippen molar-refractivity contribution in [3.63, 3.8) is 0 Å². The fraction of sp³-hybridized carbons (Fsp3) is 0.261. The predicted octanol–water partition coefficient (Wildman–Crippen LogP) is 3.50. The van der Waals surface area contributed by atoms with Crippen LogP contribution in [0.4, 0.5) is 5.69 Å². The lowest BCUT2D eigenvalue weighted by Crippen LogP contribution is -2.30. The van der Waals surface area contributed by atoms with Crippen molar-refractivity contribution >= 4 is 17.5 Å². The number of amides is 2. The van der Waals surface area contributed by atoms with Crippen molar-refractivity contribution in [1.82, 2.24) is 14.7 Å². The Balaban J connectivity index is 1.55. The largest absolute Gasteiger partial charge is 0.495 e. The van der Waals surface area contributed by atoms with E-state index < -0.39 is 0 Å². The Morgan fingerprint density at radius 2 is 1.93 bits per heavy atom. The Bertz CT molecular complexity index is 1080. The second-order valence-electron chi connectivity index (χ2n) is 7.36. The summed E-state index contributed by atoms with van der Waals surface area (Å²) in [6.45, 7) is 3.72. The first kappa shape index (κ1) is 19.7. The number of ether oxygens (including phenoxy) is 1. The Kier molecular flexibility index (Phi) is 5.52. The molecule has 7 nitrogen and oxygen atoms in total. The highest BCUT2D eigenvalue weighted by atomic mass is 16.5. The molecule has 0 spiro atoms. The number of fused-ring (bicyclic) bond motifs is 1. The van der Waals surface area contributed by atoms with E-state index in [1.807, 2.05) is 49.4 Å². The number of nitrogens with zero attached hydrogens (tertiary/aromatic N) is 3. The molecule has 0 fully saturated rings. The van der Waals surface area contributed by atoms with Crippen molar-refractivity contribution in [2.24, 2.45) is 0 Å². The second kappa shape index (κ2) is 8.41. The molecule has 0 atom stereocenters. The number of benzene rings is 2. The molecule has 7 heteroatoms. The first-order chi connectivity index (χ1) is 14.5. The van der Waals surface area contributed by atoms with Crippen molar-refractivity contribution in [3.05, 3.63) is 77.1 Å². The molecule has 2 aromatic carbocycles. The van der Waals surface area contributed by atoms with Crippen LogP contribution in [0.5, 0.6) is 5.75 Å². The normalized spacial score (nSPS) is 13.5. The summed E-state index contributed by atoms with van der Waals surface area (Å²) in [6, 6.07) is 17.0. The quantitative estimate of drug-likeness (QED) is 0.706. The lowest BCUT2D eigenvalue weighted by Gasteiger charge is -2.20. The van der Waals surface area contributed by atoms with Gasteiger partial charge in [-0.2, -0.15) is 5.10 Å². The van der Waals surface area contributed by atoms with Crippen LogP contribution in [-0.4, -0.2) is 40.1 Å². The Labute approximate surface area is 175 Å². The molecule has 2 amide bonds. The summed E-state index contributed by atoms with van der Waals surface area (Å²) in [4.78, 5) is 27.7. The molecule has 30 heavy (non-hydrogen) atoms. The van der Waals surface area contributed by atoms with Crippen LogP contribution >= 0.6 is 0 Å². The standard InChI is InChI=1S/C23H24N4O3/c1-16-9-10-21(30-2)18(13-16)24-22(28)19-14-20-23(29)26(11-6-12-27(20)25-19)15-17-7-4-3-5-8-17/h3-5,7-10,13-14H,6,11-12,15H2,1-2H3,(H,24,28). The summed E-state index contributed by atoms with van der Waals surface area (Å²) in [7, 11) is 1.55. The molecule has 154 valence electrons. The van der Waals surface area contributed by atoms with Gasteiger partial charge < -0.3 is 15.0 Å². The van der Waals surface area contributed by atoms with Gasteiger partial charge >= 0.3 is 0 Å². The molecule has 3 aromatic rings. The van der Waals surface area contributed by atoms with Crippen LogP contribution in [0.25, 0.3) is 0 Å². The van der Waals surface area contributed by atoms with Crippen molar-refractivity contribution in [3.8, 4) is 5.75 Å². The third-order valence-corrected chi connectivity index (χ3v) is 5.14. The predicted molar refractivity (Wildman–Crippen MR) is 114 cm³/mol. The summed E-state index contributed by atoms with van der Waals surface area (Å²) >= 11 is 0. The molecule has 0 radical (unpaired) electrons. The van der Waals surface area contributed by atoms with Gasteiger partial charge in [0.25, 0.3) is 11.8 Å². The summed E-state index contributed by atoms with van der Waals surface area (Å²) in [5.74, 6) is 0.0813. The number of anilines is 1. The number of hydrogen-bond donors (Lipinski definition) is 1. The first-order valence-corrected chi connectivity index (χ1v) is 9.92. The van der Waals surface area contributed by atoms with Crippen molar-refractivity contribution < 1.29 is 14.3 Å². The zero-order valence-electron chi connectivity index (χ0n) is 17.1. The van der Waals surface area contributed by atoms with Gasteiger partial charge in [0.2, 0.25) is 0 Å². The third kappa shape index (κ3) is 4.05. The molecule has 0 saturated heterocycles. The highest BCUT2D eigenvalue weighted by Crippen LogP contribution is 2.26. The number of hydrogen-bond acceptors (Lipinski definition) is 4. The van der Waals surface area contributed by atoms with Gasteiger partial charge in [-0.3, -0.25) is 14.3 Å². The lowest BCUT2D eigenvalue weighted by molar-refractivity contribution is 0.0745. The molecule has 0 saturated carbocycles. The minimum Gasteiger partial charge on any atom is -0.495 e. The van der Waals surface area contributed by atoms with E-state index in [-0.39, 0.29) is 17.5 Å². The van der Waals surface area contributed by atoms with Gasteiger partial charge in [0.15, 0.2) is 5.69 Å². The molecular formula is C23H24N4O3. The van der Waals surface area contributed by atoms with E-state index in [0.29, 0.717) is 36.8 Å². The molecule has 1 aliphatic rings. The molecule has 1 N–H and O–H groups in total. The molecule has 1 aromatic heterocycles. The summed E-state index contributed by atoms with van der Waals surface area (Å²) in [5, 5.41) is 7.24. The minimum atomic E-state index is -0.373. The fourth-order valence-electron chi connectivity index (χ4n) is 3.61. The maximum Gasteiger partial charge on any atom is 0.276 e. The molecule has 2 heterocycles. The van der Waals surface area contributed by atoms with E-state index in [1.165, 1.54) is 0 Å². The van der Waals surface area contributed by atoms with Crippen LogP contribution < -0.4 is 10.1 Å². The monoisotopic (exact) mass is 404 g/mol. The average molecular weight is 404 g/mol. The van der Waals surface area contributed by atoms with Gasteiger partial charge in [-0.05, 0) is 36.6 Å². The van der Waals surface area contributed by atoms with E-state index in [4.69, 9.17) is 4.74 Å². The van der Waals surface area contributed by atoms with Crippen LogP contribution in [0.2, 0.25) is 0 Å². The van der Waals surface area contributed by atoms with Crippen molar-refractivity contribution in [1.29, 1.82) is 0 Å². The van der Waals surface area contributed by atoms with Crippen molar-refractivity contribution in [2.75, 3.05) is 19.0 Å².